The van der Waals surface area contributed by atoms with Gasteiger partial charge in [-0.25, -0.2) is 0 Å². The summed E-state index contributed by atoms with van der Waals surface area (Å²) in [4.78, 5) is 11.4. The molecule has 0 aromatic heterocycles. The zero-order chi connectivity index (χ0) is 17.4. The number of nitrogens with one attached hydrogen (secondary N) is 1. The summed E-state index contributed by atoms with van der Waals surface area (Å²) in [5.74, 6) is -0.778. The number of phenols is 1. The SMILES string of the molecule is COC(=O)Cc1cc(NC(C#N)=C(C#N)C#N)c(O)c(OC)c1. The molecule has 2 N–H and O–H groups in total. The number of methoxy groups -OCH3 is 2. The first-order valence-corrected chi connectivity index (χ1v) is 6.19. The second-order valence-corrected chi connectivity index (χ2v) is 4.16. The van der Waals surface area contributed by atoms with Crippen molar-refractivity contribution in [2.75, 3.05) is 19.5 Å². The molecule has 0 aliphatic carbocycles. The van der Waals surface area contributed by atoms with Crippen molar-refractivity contribution >= 4 is 11.7 Å². The predicted octanol–water partition coefficient (Wildman–Crippen LogP) is 1.35. The Bertz CT molecular complexity index is 762. The Hall–Kier alpha value is -3.70. The molecular weight excluding hydrogens is 300 g/mol. The molecule has 0 amide bonds. The topological polar surface area (TPSA) is 139 Å². The highest BCUT2D eigenvalue weighted by Gasteiger charge is 2.15. The van der Waals surface area contributed by atoms with E-state index in [1.165, 1.54) is 26.4 Å². The van der Waals surface area contributed by atoms with Gasteiger partial charge in [0.25, 0.3) is 0 Å². The Labute approximate surface area is 132 Å². The van der Waals surface area contributed by atoms with Gasteiger partial charge in [-0.3, -0.25) is 4.79 Å². The van der Waals surface area contributed by atoms with Gasteiger partial charge in [0.1, 0.15) is 23.9 Å². The lowest BCUT2D eigenvalue weighted by atomic mass is 10.1. The Kier molecular flexibility index (Phi) is 5.97. The molecule has 0 heterocycles. The van der Waals surface area contributed by atoms with Gasteiger partial charge in [0.2, 0.25) is 0 Å². The number of nitrogens with zero attached hydrogens (tertiary/aromatic N) is 3. The van der Waals surface area contributed by atoms with Crippen molar-refractivity contribution in [2.45, 2.75) is 6.42 Å². The van der Waals surface area contributed by atoms with Crippen LogP contribution >= 0.6 is 0 Å². The lowest BCUT2D eigenvalue weighted by Gasteiger charge is -2.13. The first-order valence-electron chi connectivity index (χ1n) is 6.19. The van der Waals surface area contributed by atoms with E-state index in [9.17, 15) is 9.90 Å². The highest BCUT2D eigenvalue weighted by Crippen LogP contribution is 2.36. The number of hydrogen-bond acceptors (Lipinski definition) is 8. The number of allylic oxidation sites excluding steroid dienone is 2. The second kappa shape index (κ2) is 7.92. The average molecular weight is 312 g/mol. The molecule has 8 heteroatoms. The second-order valence-electron chi connectivity index (χ2n) is 4.16. The standard InChI is InChI=1S/C15H12N4O4/c1-22-13-4-9(5-14(20)23-2)3-11(15(13)21)19-12(8-18)10(6-16)7-17/h3-4,19,21H,5H2,1-2H3. The molecule has 0 fully saturated rings. The van der Waals surface area contributed by atoms with Gasteiger partial charge in [-0.1, -0.05) is 0 Å². The quantitative estimate of drug-likeness (QED) is 0.472. The molecule has 0 radical (unpaired) electrons. The van der Waals surface area contributed by atoms with Crippen molar-refractivity contribution in [3.8, 4) is 29.7 Å². The molecule has 0 saturated heterocycles. The third-order valence-electron chi connectivity index (χ3n) is 2.78. The van der Waals surface area contributed by atoms with Crippen LogP contribution < -0.4 is 10.1 Å². The minimum Gasteiger partial charge on any atom is -0.503 e. The monoisotopic (exact) mass is 312 g/mol. The van der Waals surface area contributed by atoms with Crippen LogP contribution in [0.4, 0.5) is 5.69 Å². The minimum atomic E-state index is -0.505. The summed E-state index contributed by atoms with van der Waals surface area (Å²) in [6.07, 6.45) is -0.0865. The Morgan fingerprint density at radius 2 is 1.87 bits per heavy atom. The van der Waals surface area contributed by atoms with Crippen LogP contribution in [0.15, 0.2) is 23.4 Å². The van der Waals surface area contributed by atoms with Gasteiger partial charge in [-0.05, 0) is 17.7 Å². The molecule has 0 unspecified atom stereocenters. The highest BCUT2D eigenvalue weighted by molar-refractivity contribution is 5.75. The zero-order valence-corrected chi connectivity index (χ0v) is 12.4. The fraction of sp³-hybridized carbons (Fsp3) is 0.200. The van der Waals surface area contributed by atoms with E-state index in [4.69, 9.17) is 20.5 Å². The van der Waals surface area contributed by atoms with Crippen molar-refractivity contribution in [3.05, 3.63) is 29.0 Å². The first kappa shape index (κ1) is 17.4. The molecule has 0 bridgehead atoms. The molecule has 0 atom stereocenters. The number of anilines is 1. The van der Waals surface area contributed by atoms with Gasteiger partial charge in [0, 0.05) is 0 Å². The number of carbonyl (C=O) groups is 1. The largest absolute Gasteiger partial charge is 0.503 e. The fourth-order valence-corrected chi connectivity index (χ4v) is 1.67. The van der Waals surface area contributed by atoms with Crippen LogP contribution in [0, 0.1) is 34.0 Å². The van der Waals surface area contributed by atoms with Gasteiger partial charge in [0.15, 0.2) is 17.1 Å². The van der Waals surface area contributed by atoms with Gasteiger partial charge in [-0.15, -0.1) is 0 Å². The number of carbonyl (C=O) groups excluding carboxylic acids is 1. The summed E-state index contributed by atoms with van der Waals surface area (Å²) < 4.78 is 9.56. The van der Waals surface area contributed by atoms with Crippen LogP contribution in [0.2, 0.25) is 0 Å². The third-order valence-corrected chi connectivity index (χ3v) is 2.78. The van der Waals surface area contributed by atoms with Crippen molar-refractivity contribution < 1.29 is 19.4 Å². The first-order chi connectivity index (χ1) is 11.0. The van der Waals surface area contributed by atoms with E-state index < -0.39 is 11.5 Å². The van der Waals surface area contributed by atoms with Gasteiger partial charge in [-0.2, -0.15) is 15.8 Å². The van der Waals surface area contributed by atoms with Gasteiger partial charge < -0.3 is 19.9 Å². The van der Waals surface area contributed by atoms with Gasteiger partial charge >= 0.3 is 5.97 Å². The normalized spacial score (nSPS) is 8.83. The highest BCUT2D eigenvalue weighted by atomic mass is 16.5. The molecule has 1 aromatic carbocycles. The van der Waals surface area contributed by atoms with E-state index in [1.807, 2.05) is 0 Å². The maximum Gasteiger partial charge on any atom is 0.309 e. The molecule has 23 heavy (non-hydrogen) atoms. The van der Waals surface area contributed by atoms with Crippen LogP contribution in [0.5, 0.6) is 11.5 Å². The zero-order valence-electron chi connectivity index (χ0n) is 12.4. The number of benzene rings is 1. The van der Waals surface area contributed by atoms with E-state index in [0.29, 0.717) is 5.56 Å². The van der Waals surface area contributed by atoms with Crippen molar-refractivity contribution in [1.29, 1.82) is 15.8 Å². The molecule has 1 rings (SSSR count). The Balaban J connectivity index is 3.36. The van der Waals surface area contributed by atoms with Crippen LogP contribution in [0.1, 0.15) is 5.56 Å². The van der Waals surface area contributed by atoms with Crippen LogP contribution in [-0.4, -0.2) is 25.3 Å². The van der Waals surface area contributed by atoms with Crippen LogP contribution in [0.25, 0.3) is 0 Å². The van der Waals surface area contributed by atoms with Crippen LogP contribution in [0.3, 0.4) is 0 Å². The minimum absolute atomic E-state index is 0.0165. The van der Waals surface area contributed by atoms with E-state index in [0.717, 1.165) is 0 Å². The van der Waals surface area contributed by atoms with Gasteiger partial charge in [0.05, 0.1) is 26.3 Å². The van der Waals surface area contributed by atoms with Crippen molar-refractivity contribution in [1.82, 2.24) is 0 Å². The number of nitriles is 3. The maximum atomic E-state index is 11.4. The summed E-state index contributed by atoms with van der Waals surface area (Å²) >= 11 is 0. The molecule has 116 valence electrons. The lowest BCUT2D eigenvalue weighted by molar-refractivity contribution is -0.139. The smallest absolute Gasteiger partial charge is 0.309 e. The van der Waals surface area contributed by atoms with Crippen molar-refractivity contribution in [2.24, 2.45) is 0 Å². The molecule has 0 saturated carbocycles. The molecule has 0 aliphatic heterocycles. The number of rotatable bonds is 5. The Morgan fingerprint density at radius 1 is 1.22 bits per heavy atom. The third kappa shape index (κ3) is 4.13. The Morgan fingerprint density at radius 3 is 2.35 bits per heavy atom. The average Bonchev–Trinajstić information content (AvgIpc) is 2.56. The number of ether oxygens (including phenoxy) is 2. The summed E-state index contributed by atoms with van der Waals surface area (Å²) in [6.45, 7) is 0. The molecule has 0 spiro atoms. The lowest BCUT2D eigenvalue weighted by Crippen LogP contribution is -2.06. The summed E-state index contributed by atoms with van der Waals surface area (Å²) in [5.41, 5.74) is -0.309. The number of aromatic hydroxyl groups is 1. The number of phenolic OH excluding ortho intramolecular Hbond substituents is 1. The van der Waals surface area contributed by atoms with Crippen molar-refractivity contribution in [3.63, 3.8) is 0 Å². The molecule has 0 aliphatic rings. The fourth-order valence-electron chi connectivity index (χ4n) is 1.67. The van der Waals surface area contributed by atoms with E-state index >= 15 is 0 Å². The summed E-state index contributed by atoms with van der Waals surface area (Å²) in [5, 5.41) is 39.2. The summed E-state index contributed by atoms with van der Waals surface area (Å²) in [7, 11) is 2.56. The van der Waals surface area contributed by atoms with E-state index in [2.05, 4.69) is 10.1 Å². The molecular formula is C15H12N4O4. The number of hydrogen-bond donors (Lipinski definition) is 2. The van der Waals surface area contributed by atoms with E-state index in [1.54, 1.807) is 18.2 Å². The molecule has 1 aromatic rings. The number of esters is 1. The molecule has 8 nitrogen and oxygen atoms in total. The summed E-state index contributed by atoms with van der Waals surface area (Å²) in [6, 6.07) is 7.64. The van der Waals surface area contributed by atoms with E-state index in [-0.39, 0.29) is 29.3 Å². The van der Waals surface area contributed by atoms with Crippen LogP contribution in [-0.2, 0) is 16.0 Å². The predicted molar refractivity (Wildman–Crippen MR) is 77.9 cm³/mol. The maximum absolute atomic E-state index is 11.4.